The van der Waals surface area contributed by atoms with Crippen LogP contribution in [0.3, 0.4) is 0 Å². The molecule has 7 nitrogen and oxygen atoms in total. The molecular weight excluding hydrogens is 420 g/mol. The summed E-state index contributed by atoms with van der Waals surface area (Å²) in [6, 6.07) is 11.6. The zero-order chi connectivity index (χ0) is 23.9. The number of carbonyl (C=O) groups excluding carboxylic acids is 3. The third-order valence-corrected chi connectivity index (χ3v) is 6.15. The molecule has 1 atom stereocenters. The minimum atomic E-state index is -1.25. The van der Waals surface area contributed by atoms with Crippen molar-refractivity contribution in [3.8, 4) is 5.75 Å². The summed E-state index contributed by atoms with van der Waals surface area (Å²) >= 11 is 0. The van der Waals surface area contributed by atoms with Crippen LogP contribution in [0, 0.1) is 0 Å². The van der Waals surface area contributed by atoms with Crippen LogP contribution in [0.4, 0.5) is 0 Å². The lowest BCUT2D eigenvalue weighted by atomic mass is 9.96. The number of aliphatic hydroxyl groups excluding tert-OH is 1. The second kappa shape index (κ2) is 8.75. The van der Waals surface area contributed by atoms with Gasteiger partial charge in [-0.2, -0.15) is 0 Å². The third kappa shape index (κ3) is 3.89. The van der Waals surface area contributed by atoms with Crippen LogP contribution in [0.5, 0.6) is 5.75 Å². The summed E-state index contributed by atoms with van der Waals surface area (Å²) in [4.78, 5) is 45.0. The van der Waals surface area contributed by atoms with Crippen molar-refractivity contribution in [3.05, 3.63) is 70.4 Å². The largest absolute Gasteiger partial charge is 0.506 e. The number of carbonyl (C=O) groups is 3. The third-order valence-electron chi connectivity index (χ3n) is 6.15. The number of aromatic hydroxyl groups is 1. The number of aromatic nitrogens is 1. The standard InChI is InChI=1S/C26H26N2O5/c1-4-28(9-10-29)26(33)16-5-7-18-19(12-16)25(32)22(24(18)31)23-21(30)13-17-11-15(14(2)3)6-8-20(17)27-23/h5-8,11-14,22,29-30H,4,9-10H2,1-3H3. The Morgan fingerprint density at radius 2 is 1.79 bits per heavy atom. The molecule has 0 bridgehead atoms. The van der Waals surface area contributed by atoms with E-state index in [0.717, 1.165) is 10.9 Å². The summed E-state index contributed by atoms with van der Waals surface area (Å²) < 4.78 is 0. The van der Waals surface area contributed by atoms with Gasteiger partial charge in [0, 0.05) is 35.2 Å². The van der Waals surface area contributed by atoms with Crippen LogP contribution in [0.25, 0.3) is 10.9 Å². The van der Waals surface area contributed by atoms with Crippen molar-refractivity contribution in [1.82, 2.24) is 9.88 Å². The van der Waals surface area contributed by atoms with E-state index in [1.54, 1.807) is 6.92 Å². The molecule has 0 fully saturated rings. The molecule has 0 spiro atoms. The molecule has 0 saturated heterocycles. The molecule has 0 radical (unpaired) electrons. The van der Waals surface area contributed by atoms with Crippen molar-refractivity contribution in [2.24, 2.45) is 0 Å². The number of nitrogens with zero attached hydrogens (tertiary/aromatic N) is 2. The Labute approximate surface area is 191 Å². The topological polar surface area (TPSA) is 108 Å². The number of pyridine rings is 1. The fourth-order valence-electron chi connectivity index (χ4n) is 4.25. The Balaban J connectivity index is 1.72. The maximum Gasteiger partial charge on any atom is 0.253 e. The van der Waals surface area contributed by atoms with E-state index in [1.165, 1.54) is 29.2 Å². The van der Waals surface area contributed by atoms with E-state index in [-0.39, 0.29) is 47.2 Å². The highest BCUT2D eigenvalue weighted by molar-refractivity contribution is 6.30. The smallest absolute Gasteiger partial charge is 0.253 e. The Morgan fingerprint density at radius 3 is 2.45 bits per heavy atom. The molecular formula is C26H26N2O5. The van der Waals surface area contributed by atoms with Gasteiger partial charge >= 0.3 is 0 Å². The molecule has 2 aromatic carbocycles. The van der Waals surface area contributed by atoms with Crippen LogP contribution in [-0.2, 0) is 0 Å². The van der Waals surface area contributed by atoms with Gasteiger partial charge < -0.3 is 15.1 Å². The molecule has 1 unspecified atom stereocenters. The summed E-state index contributed by atoms with van der Waals surface area (Å²) in [5.41, 5.74) is 2.33. The van der Waals surface area contributed by atoms with Crippen LogP contribution in [-0.4, -0.2) is 57.3 Å². The number of amides is 1. The van der Waals surface area contributed by atoms with Gasteiger partial charge in [-0.1, -0.05) is 19.9 Å². The molecule has 1 aromatic heterocycles. The fourth-order valence-corrected chi connectivity index (χ4v) is 4.25. The average molecular weight is 447 g/mol. The van der Waals surface area contributed by atoms with Gasteiger partial charge in [0.05, 0.1) is 12.1 Å². The SMILES string of the molecule is CCN(CCO)C(=O)c1ccc2c(c1)C(=O)C(c1nc3ccc(C(C)C)cc3cc1O)C2=O. The number of hydrogen-bond acceptors (Lipinski definition) is 6. The molecule has 1 amide bonds. The van der Waals surface area contributed by atoms with Crippen LogP contribution < -0.4 is 0 Å². The molecule has 0 aliphatic heterocycles. The van der Waals surface area contributed by atoms with Crippen LogP contribution in [0.2, 0.25) is 0 Å². The number of ketones is 2. The zero-order valence-corrected chi connectivity index (χ0v) is 18.8. The first-order chi connectivity index (χ1) is 15.8. The molecule has 1 aliphatic rings. The van der Waals surface area contributed by atoms with Crippen LogP contribution >= 0.6 is 0 Å². The molecule has 2 N–H and O–H groups in total. The lowest BCUT2D eigenvalue weighted by Crippen LogP contribution is -2.33. The van der Waals surface area contributed by atoms with Gasteiger partial charge in [-0.3, -0.25) is 14.4 Å². The summed E-state index contributed by atoms with van der Waals surface area (Å²) in [6.45, 7) is 6.34. The monoisotopic (exact) mass is 446 g/mol. The van der Waals surface area contributed by atoms with Crippen molar-refractivity contribution in [3.63, 3.8) is 0 Å². The van der Waals surface area contributed by atoms with Gasteiger partial charge in [0.15, 0.2) is 11.6 Å². The first-order valence-electron chi connectivity index (χ1n) is 11.0. The normalized spacial score (nSPS) is 15.4. The molecule has 4 rings (SSSR count). The number of Topliss-reactive ketones (excluding diaryl/α,β-unsaturated/α-hetero) is 2. The maximum absolute atomic E-state index is 13.2. The van der Waals surface area contributed by atoms with E-state index in [0.29, 0.717) is 18.0 Å². The van der Waals surface area contributed by atoms with E-state index in [9.17, 15) is 24.6 Å². The van der Waals surface area contributed by atoms with Crippen LogP contribution in [0.1, 0.15) is 74.9 Å². The quantitative estimate of drug-likeness (QED) is 0.559. The van der Waals surface area contributed by atoms with Crippen molar-refractivity contribution < 1.29 is 24.6 Å². The number of fused-ring (bicyclic) bond motifs is 2. The molecule has 0 saturated carbocycles. The summed E-state index contributed by atoms with van der Waals surface area (Å²) in [6.07, 6.45) is 0. The molecule has 1 aliphatic carbocycles. The first-order valence-corrected chi connectivity index (χ1v) is 11.0. The average Bonchev–Trinajstić information content (AvgIpc) is 3.05. The van der Waals surface area contributed by atoms with Crippen molar-refractivity contribution in [2.45, 2.75) is 32.6 Å². The second-order valence-electron chi connectivity index (χ2n) is 8.53. The highest BCUT2D eigenvalue weighted by Gasteiger charge is 2.42. The van der Waals surface area contributed by atoms with E-state index in [1.807, 2.05) is 18.2 Å². The Hall–Kier alpha value is -3.58. The van der Waals surface area contributed by atoms with Crippen LogP contribution in [0.15, 0.2) is 42.5 Å². The summed E-state index contributed by atoms with van der Waals surface area (Å²) in [5.74, 6) is -2.42. The number of benzene rings is 2. The van der Waals surface area contributed by atoms with Gasteiger partial charge in [0.25, 0.3) is 5.91 Å². The van der Waals surface area contributed by atoms with E-state index >= 15 is 0 Å². The van der Waals surface area contributed by atoms with E-state index in [2.05, 4.69) is 18.8 Å². The number of rotatable bonds is 6. The molecule has 3 aromatic rings. The number of hydrogen-bond donors (Lipinski definition) is 2. The minimum Gasteiger partial charge on any atom is -0.506 e. The van der Waals surface area contributed by atoms with Gasteiger partial charge in [-0.15, -0.1) is 0 Å². The highest BCUT2D eigenvalue weighted by Crippen LogP contribution is 2.38. The fraction of sp³-hybridized carbons (Fsp3) is 0.308. The number of likely N-dealkylation sites (N-methyl/N-ethyl adjacent to an activating group) is 1. The lowest BCUT2D eigenvalue weighted by molar-refractivity contribution is 0.0731. The van der Waals surface area contributed by atoms with Gasteiger partial charge in [-0.25, -0.2) is 4.98 Å². The molecule has 1 heterocycles. The molecule has 170 valence electrons. The molecule has 33 heavy (non-hydrogen) atoms. The molecule has 7 heteroatoms. The van der Waals surface area contributed by atoms with Crippen molar-refractivity contribution >= 4 is 28.4 Å². The van der Waals surface area contributed by atoms with Gasteiger partial charge in [-0.05, 0) is 54.8 Å². The van der Waals surface area contributed by atoms with Gasteiger partial charge in [0.2, 0.25) is 0 Å². The Morgan fingerprint density at radius 1 is 1.06 bits per heavy atom. The van der Waals surface area contributed by atoms with E-state index < -0.39 is 17.5 Å². The van der Waals surface area contributed by atoms with E-state index in [4.69, 9.17) is 0 Å². The van der Waals surface area contributed by atoms with Gasteiger partial charge in [0.1, 0.15) is 17.4 Å². The first kappa shape index (κ1) is 22.6. The predicted molar refractivity (Wildman–Crippen MR) is 124 cm³/mol. The lowest BCUT2D eigenvalue weighted by Gasteiger charge is -2.19. The second-order valence-corrected chi connectivity index (χ2v) is 8.53. The Bertz CT molecular complexity index is 1280. The minimum absolute atomic E-state index is 0.0225. The zero-order valence-electron chi connectivity index (χ0n) is 18.8. The number of aliphatic hydroxyl groups is 1. The summed E-state index contributed by atoms with van der Waals surface area (Å²) in [5, 5.41) is 20.6. The van der Waals surface area contributed by atoms with Crippen molar-refractivity contribution in [2.75, 3.05) is 19.7 Å². The highest BCUT2D eigenvalue weighted by atomic mass is 16.3. The maximum atomic E-state index is 13.2. The van der Waals surface area contributed by atoms with Crippen molar-refractivity contribution in [1.29, 1.82) is 0 Å². The summed E-state index contributed by atoms with van der Waals surface area (Å²) in [7, 11) is 0. The Kier molecular flexibility index (Phi) is 5.99. The predicted octanol–water partition coefficient (Wildman–Crippen LogP) is 3.68.